The van der Waals surface area contributed by atoms with E-state index in [0.29, 0.717) is 6.54 Å². The number of allylic oxidation sites excluding steroid dienone is 1. The fourth-order valence-electron chi connectivity index (χ4n) is 1.65. The Morgan fingerprint density at radius 1 is 1.50 bits per heavy atom. The van der Waals surface area contributed by atoms with E-state index >= 15 is 0 Å². The average molecular weight is 213 g/mol. The molecule has 0 radical (unpaired) electrons. The van der Waals surface area contributed by atoms with Crippen molar-refractivity contribution in [2.45, 2.75) is 6.04 Å². The highest BCUT2D eigenvalue weighted by Crippen LogP contribution is 2.30. The highest BCUT2D eigenvalue weighted by molar-refractivity contribution is 5.86. The fourth-order valence-corrected chi connectivity index (χ4v) is 1.65. The summed E-state index contributed by atoms with van der Waals surface area (Å²) in [5, 5.41) is 8.73. The van der Waals surface area contributed by atoms with Gasteiger partial charge in [-0.05, 0) is 5.56 Å². The topological polar surface area (TPSA) is 69.9 Å². The molecule has 1 unspecified atom stereocenters. The highest BCUT2D eigenvalue weighted by atomic mass is 16.1. The molecule has 4 nitrogen and oxygen atoms in total. The van der Waals surface area contributed by atoms with Crippen LogP contribution < -0.4 is 5.73 Å². The summed E-state index contributed by atoms with van der Waals surface area (Å²) in [5.74, 6) is -0.347. The molecule has 1 aliphatic heterocycles. The number of benzene rings is 1. The molecule has 1 amide bonds. The minimum absolute atomic E-state index is 0.264. The Morgan fingerprint density at radius 3 is 2.69 bits per heavy atom. The number of hydrogen-bond acceptors (Lipinski definition) is 3. The summed E-state index contributed by atoms with van der Waals surface area (Å²) < 4.78 is 0. The predicted molar refractivity (Wildman–Crippen MR) is 59.7 cm³/mol. The highest BCUT2D eigenvalue weighted by Gasteiger charge is 2.40. The van der Waals surface area contributed by atoms with Crippen molar-refractivity contribution in [3.63, 3.8) is 0 Å². The van der Waals surface area contributed by atoms with Gasteiger partial charge in [-0.15, -0.1) is 0 Å². The van der Waals surface area contributed by atoms with Crippen LogP contribution in [0.5, 0.6) is 0 Å². The van der Waals surface area contributed by atoms with Crippen molar-refractivity contribution >= 4 is 11.6 Å². The Kier molecular flexibility index (Phi) is 2.61. The van der Waals surface area contributed by atoms with Gasteiger partial charge in [-0.25, -0.2) is 0 Å². The largest absolute Gasteiger partial charge is 0.368 e. The van der Waals surface area contributed by atoms with Gasteiger partial charge in [-0.2, -0.15) is 5.26 Å². The second kappa shape index (κ2) is 4.07. The number of rotatable bonds is 3. The van der Waals surface area contributed by atoms with Crippen LogP contribution in [0.4, 0.5) is 0 Å². The smallest absolute Gasteiger partial charge is 0.241 e. The van der Waals surface area contributed by atoms with Gasteiger partial charge in [0, 0.05) is 12.6 Å². The summed E-state index contributed by atoms with van der Waals surface area (Å²) in [7, 11) is 0. The molecule has 0 aliphatic carbocycles. The minimum Gasteiger partial charge on any atom is -0.368 e. The van der Waals surface area contributed by atoms with Gasteiger partial charge in [-0.3, -0.25) is 4.79 Å². The summed E-state index contributed by atoms with van der Waals surface area (Å²) in [6, 6.07) is 11.2. The van der Waals surface area contributed by atoms with Crippen molar-refractivity contribution in [2.75, 3.05) is 6.54 Å². The third-order valence-electron chi connectivity index (χ3n) is 2.52. The standard InChI is InChI=1S/C12H11N3O/c13-7-6-10(9-4-2-1-3-5-9)15-8-11(15)12(14)16/h1-6,11H,8H2,(H2,14,16). The van der Waals surface area contributed by atoms with Gasteiger partial charge in [0.2, 0.25) is 5.91 Å². The zero-order chi connectivity index (χ0) is 11.5. The van der Waals surface area contributed by atoms with E-state index in [1.165, 1.54) is 6.08 Å². The van der Waals surface area contributed by atoms with E-state index in [-0.39, 0.29) is 11.9 Å². The monoisotopic (exact) mass is 213 g/mol. The Bertz CT molecular complexity index is 473. The molecule has 0 spiro atoms. The number of hydrogen-bond donors (Lipinski definition) is 1. The van der Waals surface area contributed by atoms with Crippen LogP contribution in [-0.2, 0) is 4.79 Å². The van der Waals surface area contributed by atoms with Gasteiger partial charge < -0.3 is 10.6 Å². The van der Waals surface area contributed by atoms with Gasteiger partial charge >= 0.3 is 0 Å². The number of carbonyl (C=O) groups is 1. The van der Waals surface area contributed by atoms with Crippen LogP contribution in [-0.4, -0.2) is 23.4 Å². The summed E-state index contributed by atoms with van der Waals surface area (Å²) in [4.78, 5) is 12.8. The van der Waals surface area contributed by atoms with E-state index in [9.17, 15) is 4.79 Å². The van der Waals surface area contributed by atoms with E-state index in [0.717, 1.165) is 11.3 Å². The second-order valence-corrected chi connectivity index (χ2v) is 3.60. The summed E-state index contributed by atoms with van der Waals surface area (Å²) in [6.45, 7) is 0.595. The van der Waals surface area contributed by atoms with Crippen molar-refractivity contribution in [1.82, 2.24) is 4.90 Å². The molecule has 1 fully saturated rings. The molecule has 1 aliphatic rings. The van der Waals surface area contributed by atoms with E-state index in [1.54, 1.807) is 0 Å². The number of nitrogens with zero attached hydrogens (tertiary/aromatic N) is 2. The molecule has 1 heterocycles. The fraction of sp³-hybridized carbons (Fsp3) is 0.167. The zero-order valence-electron chi connectivity index (χ0n) is 8.63. The third kappa shape index (κ3) is 1.89. The van der Waals surface area contributed by atoms with Crippen molar-refractivity contribution < 1.29 is 4.79 Å². The molecule has 80 valence electrons. The van der Waals surface area contributed by atoms with Gasteiger partial charge in [-0.1, -0.05) is 30.3 Å². The summed E-state index contributed by atoms with van der Waals surface area (Å²) in [6.07, 6.45) is 1.44. The van der Waals surface area contributed by atoms with Crippen LogP contribution in [0, 0.1) is 11.3 Å². The lowest BCUT2D eigenvalue weighted by Crippen LogP contribution is -2.21. The normalized spacial score (nSPS) is 19.1. The Hall–Kier alpha value is -2.28. The molecule has 2 rings (SSSR count). The Labute approximate surface area is 93.6 Å². The summed E-state index contributed by atoms with van der Waals surface area (Å²) in [5.41, 5.74) is 6.89. The minimum atomic E-state index is -0.347. The van der Waals surface area contributed by atoms with Crippen LogP contribution in [0.3, 0.4) is 0 Å². The Morgan fingerprint density at radius 2 is 2.19 bits per heavy atom. The van der Waals surface area contributed by atoms with Crippen LogP contribution in [0.2, 0.25) is 0 Å². The lowest BCUT2D eigenvalue weighted by Gasteiger charge is -2.08. The molecule has 0 aromatic heterocycles. The van der Waals surface area contributed by atoms with Gasteiger partial charge in [0.25, 0.3) is 0 Å². The lowest BCUT2D eigenvalue weighted by atomic mass is 10.1. The molecular weight excluding hydrogens is 202 g/mol. The first-order valence-electron chi connectivity index (χ1n) is 4.95. The molecule has 0 saturated carbocycles. The SMILES string of the molecule is N#CC=C(c1ccccc1)N1CC1C(N)=O. The number of amides is 1. The molecule has 2 N–H and O–H groups in total. The first-order chi connectivity index (χ1) is 7.74. The first-order valence-corrected chi connectivity index (χ1v) is 4.95. The van der Waals surface area contributed by atoms with Crippen LogP contribution >= 0.6 is 0 Å². The van der Waals surface area contributed by atoms with Crippen molar-refractivity contribution in [3.8, 4) is 6.07 Å². The van der Waals surface area contributed by atoms with Crippen molar-refractivity contribution in [3.05, 3.63) is 42.0 Å². The number of nitrogens with two attached hydrogens (primary N) is 1. The molecule has 1 saturated heterocycles. The first kappa shape index (κ1) is 10.2. The van der Waals surface area contributed by atoms with Crippen molar-refractivity contribution in [1.29, 1.82) is 5.26 Å². The molecule has 1 atom stereocenters. The number of primary amides is 1. The second-order valence-electron chi connectivity index (χ2n) is 3.60. The van der Waals surface area contributed by atoms with E-state index in [4.69, 9.17) is 11.0 Å². The maximum absolute atomic E-state index is 11.0. The molecule has 1 aromatic carbocycles. The maximum atomic E-state index is 11.0. The molecule has 16 heavy (non-hydrogen) atoms. The van der Waals surface area contributed by atoms with Gasteiger partial charge in [0.15, 0.2) is 0 Å². The maximum Gasteiger partial charge on any atom is 0.241 e. The predicted octanol–water partition coefficient (Wildman–Crippen LogP) is 0.721. The van der Waals surface area contributed by atoms with Gasteiger partial charge in [0.1, 0.15) is 6.04 Å². The summed E-state index contributed by atoms with van der Waals surface area (Å²) >= 11 is 0. The van der Waals surface area contributed by atoms with Crippen LogP contribution in [0.15, 0.2) is 36.4 Å². The quantitative estimate of drug-likeness (QED) is 0.594. The van der Waals surface area contributed by atoms with Crippen LogP contribution in [0.1, 0.15) is 5.56 Å². The van der Waals surface area contributed by atoms with Gasteiger partial charge in [0.05, 0.1) is 11.8 Å². The third-order valence-corrected chi connectivity index (χ3v) is 2.52. The number of nitriles is 1. The van der Waals surface area contributed by atoms with E-state index < -0.39 is 0 Å². The molecule has 0 bridgehead atoms. The zero-order valence-corrected chi connectivity index (χ0v) is 8.63. The van der Waals surface area contributed by atoms with E-state index in [2.05, 4.69) is 0 Å². The van der Waals surface area contributed by atoms with Crippen molar-refractivity contribution in [2.24, 2.45) is 5.73 Å². The Balaban J connectivity index is 2.25. The average Bonchev–Trinajstić information content (AvgIpc) is 3.07. The number of carbonyl (C=O) groups excluding carboxylic acids is 1. The molecular formula is C12H11N3O. The lowest BCUT2D eigenvalue weighted by molar-refractivity contribution is -0.118. The molecule has 4 heteroatoms. The van der Waals surface area contributed by atoms with E-state index in [1.807, 2.05) is 41.3 Å². The molecule has 1 aromatic rings. The van der Waals surface area contributed by atoms with Crippen LogP contribution in [0.25, 0.3) is 5.70 Å².